The summed E-state index contributed by atoms with van der Waals surface area (Å²) in [7, 11) is 0. The number of hydrogen-bond acceptors (Lipinski definition) is 1. The summed E-state index contributed by atoms with van der Waals surface area (Å²) in [5.41, 5.74) is 3.63. The minimum Gasteiger partial charge on any atom is -0.508 e. The summed E-state index contributed by atoms with van der Waals surface area (Å²) in [4.78, 5) is 0. The lowest BCUT2D eigenvalue weighted by Gasteiger charge is -2.40. The van der Waals surface area contributed by atoms with Gasteiger partial charge in [-0.25, -0.2) is 0 Å². The summed E-state index contributed by atoms with van der Waals surface area (Å²) < 4.78 is 0. The summed E-state index contributed by atoms with van der Waals surface area (Å²) in [5, 5.41) is 10.8. The van der Waals surface area contributed by atoms with E-state index in [4.69, 9.17) is 0 Å². The number of phenols is 1. The van der Waals surface area contributed by atoms with Crippen molar-refractivity contribution in [3.8, 4) is 5.75 Å². The van der Waals surface area contributed by atoms with Crippen LogP contribution in [0.4, 0.5) is 0 Å². The molecule has 3 rings (SSSR count). The molecule has 0 heterocycles. The smallest absolute Gasteiger partial charge is 0.119 e. The Morgan fingerprint density at radius 1 is 0.667 bits per heavy atom. The Bertz CT molecular complexity index is 615. The van der Waals surface area contributed by atoms with Crippen molar-refractivity contribution in [2.75, 3.05) is 0 Å². The lowest BCUT2D eigenvalue weighted by Crippen LogP contribution is -2.27. The molecule has 2 aliphatic rings. The highest BCUT2D eigenvalue weighted by Crippen LogP contribution is 2.49. The van der Waals surface area contributed by atoms with Crippen LogP contribution < -0.4 is 0 Å². The summed E-state index contributed by atoms with van der Waals surface area (Å²) in [6.07, 6.45) is 10.3. The predicted molar refractivity (Wildman–Crippen MR) is 116 cm³/mol. The summed E-state index contributed by atoms with van der Waals surface area (Å²) in [5.74, 6) is 3.43. The first-order chi connectivity index (χ1) is 12.6. The second-order valence-corrected chi connectivity index (χ2v) is 11.6. The number of hydrogen-bond donors (Lipinski definition) is 1. The highest BCUT2D eigenvalue weighted by atomic mass is 16.3. The molecule has 1 heteroatoms. The monoisotopic (exact) mass is 370 g/mol. The van der Waals surface area contributed by atoms with E-state index in [1.54, 1.807) is 0 Å². The Kier molecular flexibility index (Phi) is 5.99. The zero-order valence-electron chi connectivity index (χ0n) is 18.6. The van der Waals surface area contributed by atoms with Crippen LogP contribution in [0, 0.1) is 22.7 Å². The van der Waals surface area contributed by atoms with Gasteiger partial charge in [-0.2, -0.15) is 0 Å². The van der Waals surface area contributed by atoms with E-state index in [0.717, 1.165) is 11.8 Å². The molecular weight excluding hydrogens is 328 g/mol. The van der Waals surface area contributed by atoms with Crippen LogP contribution in [0.5, 0.6) is 5.75 Å². The first-order valence-corrected chi connectivity index (χ1v) is 11.4. The standard InChI is InChI=1S/C26H42O/c1-25(2,3)20-14-10-18(11-15-20)22-8-7-9-23(27)24(22)19-12-16-21(17-13-19)26(4,5)6/h7-9,18-21,27H,10-17H2,1-6H3. The fraction of sp³-hybridized carbons (Fsp3) is 0.769. The zero-order valence-corrected chi connectivity index (χ0v) is 18.6. The van der Waals surface area contributed by atoms with E-state index in [9.17, 15) is 5.11 Å². The number of rotatable bonds is 2. The van der Waals surface area contributed by atoms with E-state index in [0.29, 0.717) is 28.4 Å². The maximum Gasteiger partial charge on any atom is 0.119 e. The van der Waals surface area contributed by atoms with Gasteiger partial charge < -0.3 is 5.11 Å². The Hall–Kier alpha value is -0.980. The van der Waals surface area contributed by atoms with Crippen LogP contribution in [0.25, 0.3) is 0 Å². The molecule has 2 fully saturated rings. The van der Waals surface area contributed by atoms with Gasteiger partial charge in [0.15, 0.2) is 0 Å². The molecule has 0 aliphatic heterocycles. The maximum absolute atomic E-state index is 10.8. The van der Waals surface area contributed by atoms with Crippen molar-refractivity contribution in [3.63, 3.8) is 0 Å². The molecule has 1 N–H and O–H groups in total. The molecule has 0 spiro atoms. The average molecular weight is 371 g/mol. The van der Waals surface area contributed by atoms with Gasteiger partial charge in [-0.05, 0) is 97.5 Å². The molecule has 27 heavy (non-hydrogen) atoms. The van der Waals surface area contributed by atoms with Crippen molar-refractivity contribution in [1.82, 2.24) is 0 Å². The first-order valence-electron chi connectivity index (χ1n) is 11.4. The van der Waals surface area contributed by atoms with E-state index in [1.807, 2.05) is 6.07 Å². The van der Waals surface area contributed by atoms with Gasteiger partial charge in [0.05, 0.1) is 0 Å². The van der Waals surface area contributed by atoms with Crippen molar-refractivity contribution < 1.29 is 5.11 Å². The molecular formula is C26H42O. The van der Waals surface area contributed by atoms with Gasteiger partial charge in [0, 0.05) is 5.56 Å². The molecule has 1 aromatic rings. The molecule has 1 nitrogen and oxygen atoms in total. The number of benzene rings is 1. The van der Waals surface area contributed by atoms with E-state index in [-0.39, 0.29) is 0 Å². The Labute approximate surface area is 168 Å². The summed E-state index contributed by atoms with van der Waals surface area (Å²) in [6.45, 7) is 14.3. The molecule has 1 aromatic carbocycles. The van der Waals surface area contributed by atoms with Crippen LogP contribution in [0.15, 0.2) is 18.2 Å². The lowest BCUT2D eigenvalue weighted by atomic mass is 9.65. The van der Waals surface area contributed by atoms with Gasteiger partial charge >= 0.3 is 0 Å². The minimum atomic E-state index is 0.415. The lowest BCUT2D eigenvalue weighted by molar-refractivity contribution is 0.163. The van der Waals surface area contributed by atoms with Crippen LogP contribution in [0.3, 0.4) is 0 Å². The summed E-state index contributed by atoms with van der Waals surface area (Å²) in [6, 6.07) is 6.33. The van der Waals surface area contributed by atoms with Crippen LogP contribution in [-0.2, 0) is 0 Å². The SMILES string of the molecule is CC(C)(C)C1CCC(c2cccc(O)c2C2CCC(C(C)(C)C)CC2)CC1. The van der Waals surface area contributed by atoms with Crippen LogP contribution >= 0.6 is 0 Å². The van der Waals surface area contributed by atoms with Crippen LogP contribution in [0.2, 0.25) is 0 Å². The number of aromatic hydroxyl groups is 1. The van der Waals surface area contributed by atoms with Gasteiger partial charge in [0.25, 0.3) is 0 Å². The molecule has 0 bridgehead atoms. The second kappa shape index (κ2) is 7.80. The van der Waals surface area contributed by atoms with Crippen LogP contribution in [0.1, 0.15) is 116 Å². The third-order valence-corrected chi connectivity index (χ3v) is 7.87. The van der Waals surface area contributed by atoms with Crippen molar-refractivity contribution in [1.29, 1.82) is 0 Å². The van der Waals surface area contributed by atoms with Gasteiger partial charge in [-0.3, -0.25) is 0 Å². The first kappa shape index (κ1) is 20.7. The molecule has 2 saturated carbocycles. The van der Waals surface area contributed by atoms with Crippen LogP contribution in [-0.4, -0.2) is 5.11 Å². The Morgan fingerprint density at radius 2 is 1.11 bits per heavy atom. The van der Waals surface area contributed by atoms with Gasteiger partial charge in [-0.15, -0.1) is 0 Å². The predicted octanol–water partition coefficient (Wildman–Crippen LogP) is 8.03. The number of phenolic OH excluding ortho intramolecular Hbond substituents is 1. The average Bonchev–Trinajstić information content (AvgIpc) is 2.60. The van der Waals surface area contributed by atoms with E-state index in [2.05, 4.69) is 53.7 Å². The van der Waals surface area contributed by atoms with Gasteiger partial charge in [-0.1, -0.05) is 53.7 Å². The third-order valence-electron chi connectivity index (χ3n) is 7.87. The second-order valence-electron chi connectivity index (χ2n) is 11.6. The Balaban J connectivity index is 1.75. The largest absolute Gasteiger partial charge is 0.508 e. The third kappa shape index (κ3) is 4.72. The zero-order chi connectivity index (χ0) is 19.8. The van der Waals surface area contributed by atoms with Gasteiger partial charge in [0.1, 0.15) is 5.75 Å². The van der Waals surface area contributed by atoms with Crippen molar-refractivity contribution in [2.24, 2.45) is 22.7 Å². The van der Waals surface area contributed by atoms with E-state index < -0.39 is 0 Å². The topological polar surface area (TPSA) is 20.2 Å². The highest BCUT2D eigenvalue weighted by Gasteiger charge is 2.35. The maximum atomic E-state index is 10.8. The van der Waals surface area contributed by atoms with E-state index in [1.165, 1.54) is 62.5 Å². The van der Waals surface area contributed by atoms with Crippen molar-refractivity contribution >= 4 is 0 Å². The molecule has 0 radical (unpaired) electrons. The highest BCUT2D eigenvalue weighted by molar-refractivity contribution is 5.44. The molecule has 2 aliphatic carbocycles. The molecule has 0 atom stereocenters. The molecule has 0 aromatic heterocycles. The molecule has 0 amide bonds. The fourth-order valence-electron chi connectivity index (χ4n) is 5.89. The van der Waals surface area contributed by atoms with Crippen molar-refractivity contribution in [2.45, 2.75) is 105 Å². The Morgan fingerprint density at radius 3 is 1.56 bits per heavy atom. The molecule has 0 unspecified atom stereocenters. The fourth-order valence-corrected chi connectivity index (χ4v) is 5.89. The minimum absolute atomic E-state index is 0.415. The normalized spacial score (nSPS) is 30.3. The van der Waals surface area contributed by atoms with Crippen molar-refractivity contribution in [3.05, 3.63) is 29.3 Å². The van der Waals surface area contributed by atoms with E-state index >= 15 is 0 Å². The molecule has 0 saturated heterocycles. The molecule has 152 valence electrons. The van der Waals surface area contributed by atoms with Gasteiger partial charge in [0.2, 0.25) is 0 Å². The summed E-state index contributed by atoms with van der Waals surface area (Å²) >= 11 is 0. The quantitative estimate of drug-likeness (QED) is 0.558.